The molecule has 0 radical (unpaired) electrons. The Hall–Kier alpha value is -1.84. The van der Waals surface area contributed by atoms with Crippen LogP contribution in [0.5, 0.6) is 5.75 Å². The highest BCUT2D eigenvalue weighted by atomic mass is 16.7. The minimum Gasteiger partial charge on any atom is -0.417 e. The zero-order valence-electron chi connectivity index (χ0n) is 20.3. The lowest BCUT2D eigenvalue weighted by Crippen LogP contribution is -2.75. The second-order valence-electron chi connectivity index (χ2n) is 9.79. The van der Waals surface area contributed by atoms with Crippen LogP contribution in [0.25, 0.3) is 0 Å². The van der Waals surface area contributed by atoms with Crippen molar-refractivity contribution in [2.24, 2.45) is 11.8 Å². The van der Waals surface area contributed by atoms with E-state index in [9.17, 15) is 0 Å². The van der Waals surface area contributed by atoms with Gasteiger partial charge >= 0.3 is 5.91 Å². The van der Waals surface area contributed by atoms with Crippen LogP contribution in [-0.2, 0) is 10.3 Å². The molecule has 0 aromatic heterocycles. The van der Waals surface area contributed by atoms with E-state index >= 15 is 0 Å². The Kier molecular flexibility index (Phi) is 8.13. The SMILES string of the molecule is CCOC(C)(Oc1ccccc1)[N+](CC(C)C)(CC(C)C)C(C)(C)c1ccccc1. The molecule has 30 heavy (non-hydrogen) atoms. The van der Waals surface area contributed by atoms with Gasteiger partial charge in [0.15, 0.2) is 0 Å². The molecule has 3 heteroatoms. The normalized spacial score (nSPS) is 14.7. The predicted octanol–water partition coefficient (Wildman–Crippen LogP) is 6.84. The number of hydrogen-bond acceptors (Lipinski definition) is 2. The van der Waals surface area contributed by atoms with Gasteiger partial charge in [0, 0.05) is 17.4 Å². The first-order chi connectivity index (χ1) is 14.1. The highest BCUT2D eigenvalue weighted by Crippen LogP contribution is 2.45. The number of rotatable bonds is 11. The van der Waals surface area contributed by atoms with Gasteiger partial charge in [0.25, 0.3) is 0 Å². The Balaban J connectivity index is 2.75. The van der Waals surface area contributed by atoms with Crippen molar-refractivity contribution in [3.63, 3.8) is 0 Å². The maximum Gasteiger partial charge on any atom is 0.358 e. The van der Waals surface area contributed by atoms with E-state index in [-0.39, 0.29) is 5.54 Å². The summed E-state index contributed by atoms with van der Waals surface area (Å²) in [5, 5.41) is 0. The minimum absolute atomic E-state index is 0.228. The Morgan fingerprint density at radius 3 is 1.67 bits per heavy atom. The molecule has 2 aromatic carbocycles. The van der Waals surface area contributed by atoms with Gasteiger partial charge in [-0.3, -0.25) is 9.22 Å². The van der Waals surface area contributed by atoms with E-state index in [1.165, 1.54) is 5.56 Å². The molecule has 1 atom stereocenters. The smallest absolute Gasteiger partial charge is 0.358 e. The molecule has 0 aliphatic heterocycles. The van der Waals surface area contributed by atoms with Crippen LogP contribution in [0.4, 0.5) is 0 Å². The molecule has 0 aliphatic carbocycles. The lowest BCUT2D eigenvalue weighted by atomic mass is 9.85. The van der Waals surface area contributed by atoms with Gasteiger partial charge in [0.2, 0.25) is 0 Å². The van der Waals surface area contributed by atoms with Crippen LogP contribution in [-0.4, -0.2) is 30.1 Å². The first kappa shape index (κ1) is 24.4. The number of quaternary nitrogens is 1. The molecule has 166 valence electrons. The van der Waals surface area contributed by atoms with Crippen LogP contribution in [0.2, 0.25) is 0 Å². The van der Waals surface area contributed by atoms with Crippen molar-refractivity contribution in [2.45, 2.75) is 66.8 Å². The average Bonchev–Trinajstić information content (AvgIpc) is 2.68. The van der Waals surface area contributed by atoms with E-state index in [0.29, 0.717) is 22.9 Å². The third-order valence-corrected chi connectivity index (χ3v) is 6.14. The van der Waals surface area contributed by atoms with Gasteiger partial charge in [-0.1, -0.05) is 76.2 Å². The number of para-hydroxylation sites is 1. The first-order valence-corrected chi connectivity index (χ1v) is 11.4. The Morgan fingerprint density at radius 1 is 0.767 bits per heavy atom. The lowest BCUT2D eigenvalue weighted by Gasteiger charge is -2.59. The maximum atomic E-state index is 6.77. The Labute approximate surface area is 184 Å². The van der Waals surface area contributed by atoms with E-state index in [1.54, 1.807) is 0 Å². The number of ether oxygens (including phenoxy) is 2. The Bertz CT molecular complexity index is 745. The summed E-state index contributed by atoms with van der Waals surface area (Å²) in [6.07, 6.45) is 0. The summed E-state index contributed by atoms with van der Waals surface area (Å²) in [6.45, 7) is 20.5. The average molecular weight is 413 g/mol. The summed E-state index contributed by atoms with van der Waals surface area (Å²) in [5.74, 6) is 0.952. The van der Waals surface area contributed by atoms with Gasteiger partial charge < -0.3 is 4.74 Å². The van der Waals surface area contributed by atoms with Crippen molar-refractivity contribution < 1.29 is 14.0 Å². The Morgan fingerprint density at radius 2 is 1.23 bits per heavy atom. The van der Waals surface area contributed by atoms with Crippen molar-refractivity contribution in [3.05, 3.63) is 66.2 Å². The van der Waals surface area contributed by atoms with E-state index in [1.807, 2.05) is 30.3 Å². The number of hydrogen-bond donors (Lipinski definition) is 0. The van der Waals surface area contributed by atoms with Crippen LogP contribution in [0, 0.1) is 11.8 Å². The van der Waals surface area contributed by atoms with E-state index < -0.39 is 5.91 Å². The molecule has 2 rings (SSSR count). The summed E-state index contributed by atoms with van der Waals surface area (Å²) >= 11 is 0. The predicted molar refractivity (Wildman–Crippen MR) is 126 cm³/mol. The fourth-order valence-corrected chi connectivity index (χ4v) is 4.93. The van der Waals surface area contributed by atoms with Gasteiger partial charge in [-0.2, -0.15) is 0 Å². The molecule has 0 N–H and O–H groups in total. The van der Waals surface area contributed by atoms with E-state index in [0.717, 1.165) is 18.8 Å². The van der Waals surface area contributed by atoms with Crippen molar-refractivity contribution in [1.29, 1.82) is 0 Å². The fraction of sp³-hybridized carbons (Fsp3) is 0.556. The standard InChI is InChI=1S/C27H42NO2/c1-9-29-27(8,30-25-18-14-11-15-19-25)28(20-22(2)3,21-23(4)5)26(6,7)24-16-12-10-13-17-24/h10-19,22-23H,9,20-21H2,1-8H3/q+1. The summed E-state index contributed by atoms with van der Waals surface area (Å²) in [4.78, 5) is 0. The second-order valence-corrected chi connectivity index (χ2v) is 9.79. The largest absolute Gasteiger partial charge is 0.417 e. The van der Waals surface area contributed by atoms with E-state index in [4.69, 9.17) is 9.47 Å². The van der Waals surface area contributed by atoms with Crippen molar-refractivity contribution in [3.8, 4) is 5.75 Å². The van der Waals surface area contributed by atoms with Gasteiger partial charge in [-0.15, -0.1) is 0 Å². The quantitative estimate of drug-likeness (QED) is 0.297. The highest BCUT2D eigenvalue weighted by molar-refractivity contribution is 5.23. The maximum absolute atomic E-state index is 6.77. The molecule has 0 amide bonds. The highest BCUT2D eigenvalue weighted by Gasteiger charge is 2.60. The van der Waals surface area contributed by atoms with Crippen molar-refractivity contribution >= 4 is 0 Å². The van der Waals surface area contributed by atoms with E-state index in [2.05, 4.69) is 85.7 Å². The summed E-state index contributed by atoms with van der Waals surface area (Å²) < 4.78 is 14.0. The second kappa shape index (κ2) is 9.98. The topological polar surface area (TPSA) is 18.5 Å². The molecular weight excluding hydrogens is 370 g/mol. The van der Waals surface area contributed by atoms with Gasteiger partial charge in [-0.25, -0.2) is 0 Å². The molecule has 0 saturated carbocycles. The van der Waals surface area contributed by atoms with Gasteiger partial charge in [0.05, 0.1) is 26.6 Å². The van der Waals surface area contributed by atoms with Gasteiger partial charge in [-0.05, 0) is 32.9 Å². The fourth-order valence-electron chi connectivity index (χ4n) is 4.93. The molecule has 1 unspecified atom stereocenters. The van der Waals surface area contributed by atoms with Crippen LogP contribution >= 0.6 is 0 Å². The first-order valence-electron chi connectivity index (χ1n) is 11.4. The third-order valence-electron chi connectivity index (χ3n) is 6.14. The zero-order valence-corrected chi connectivity index (χ0v) is 20.3. The van der Waals surface area contributed by atoms with Crippen molar-refractivity contribution in [1.82, 2.24) is 0 Å². The van der Waals surface area contributed by atoms with Crippen LogP contribution < -0.4 is 4.74 Å². The molecular formula is C27H42NO2+. The van der Waals surface area contributed by atoms with Crippen LogP contribution in [0.1, 0.15) is 61.0 Å². The molecule has 0 spiro atoms. The van der Waals surface area contributed by atoms with Crippen molar-refractivity contribution in [2.75, 3.05) is 19.7 Å². The molecule has 0 heterocycles. The minimum atomic E-state index is -0.843. The van der Waals surface area contributed by atoms with Crippen LogP contribution in [0.15, 0.2) is 60.7 Å². The van der Waals surface area contributed by atoms with Crippen LogP contribution in [0.3, 0.4) is 0 Å². The molecule has 0 aliphatic rings. The molecule has 3 nitrogen and oxygen atoms in total. The number of benzene rings is 2. The monoisotopic (exact) mass is 412 g/mol. The molecule has 0 bridgehead atoms. The molecule has 2 aromatic rings. The molecule has 0 saturated heterocycles. The van der Waals surface area contributed by atoms with Gasteiger partial charge in [0.1, 0.15) is 11.3 Å². The summed E-state index contributed by atoms with van der Waals surface area (Å²) in [5.41, 5.74) is 1.07. The zero-order chi connectivity index (χ0) is 22.4. The third kappa shape index (κ3) is 5.07. The summed E-state index contributed by atoms with van der Waals surface area (Å²) in [7, 11) is 0. The molecule has 0 fully saturated rings. The number of nitrogens with zero attached hydrogens (tertiary/aromatic N) is 1. The summed E-state index contributed by atoms with van der Waals surface area (Å²) in [6, 6.07) is 20.9. The lowest BCUT2D eigenvalue weighted by molar-refractivity contribution is -1.07.